The Balaban J connectivity index is 1.89. The molecular formula is C15H21NS2. The SMILES string of the molecule is Cc1ccc(CC(C)NC(C)c2ccc(C)s2)s1. The molecule has 0 aliphatic heterocycles. The van der Waals surface area contributed by atoms with Crippen molar-refractivity contribution in [2.24, 2.45) is 0 Å². The third-order valence-corrected chi connectivity index (χ3v) is 5.23. The molecule has 0 aliphatic carbocycles. The van der Waals surface area contributed by atoms with Gasteiger partial charge in [0, 0.05) is 31.6 Å². The highest BCUT2D eigenvalue weighted by Gasteiger charge is 2.12. The highest BCUT2D eigenvalue weighted by molar-refractivity contribution is 7.12. The number of thiophene rings is 2. The first-order chi connectivity index (χ1) is 8.54. The summed E-state index contributed by atoms with van der Waals surface area (Å²) in [5.41, 5.74) is 0. The lowest BCUT2D eigenvalue weighted by Crippen LogP contribution is -2.30. The molecule has 3 heteroatoms. The zero-order chi connectivity index (χ0) is 13.1. The zero-order valence-corrected chi connectivity index (χ0v) is 13.1. The molecule has 2 aromatic rings. The van der Waals surface area contributed by atoms with Crippen LogP contribution in [0.15, 0.2) is 24.3 Å². The van der Waals surface area contributed by atoms with Crippen molar-refractivity contribution in [1.29, 1.82) is 0 Å². The van der Waals surface area contributed by atoms with Crippen LogP contribution in [0, 0.1) is 13.8 Å². The summed E-state index contributed by atoms with van der Waals surface area (Å²) < 4.78 is 0. The van der Waals surface area contributed by atoms with Crippen LogP contribution in [0.1, 0.15) is 39.4 Å². The van der Waals surface area contributed by atoms with Crippen molar-refractivity contribution in [2.75, 3.05) is 0 Å². The highest BCUT2D eigenvalue weighted by Crippen LogP contribution is 2.23. The Morgan fingerprint density at radius 2 is 1.67 bits per heavy atom. The maximum Gasteiger partial charge on any atom is 0.0388 e. The van der Waals surface area contributed by atoms with E-state index in [0.717, 1.165) is 6.42 Å². The summed E-state index contributed by atoms with van der Waals surface area (Å²) in [7, 11) is 0. The first-order valence-corrected chi connectivity index (χ1v) is 8.05. The molecule has 0 bridgehead atoms. The number of nitrogens with one attached hydrogen (secondary N) is 1. The van der Waals surface area contributed by atoms with Crippen molar-refractivity contribution in [1.82, 2.24) is 5.32 Å². The summed E-state index contributed by atoms with van der Waals surface area (Å²) in [6, 6.07) is 9.85. The van der Waals surface area contributed by atoms with Gasteiger partial charge in [-0.25, -0.2) is 0 Å². The van der Waals surface area contributed by atoms with E-state index >= 15 is 0 Å². The number of hydrogen-bond donors (Lipinski definition) is 1. The average molecular weight is 279 g/mol. The molecule has 0 saturated carbocycles. The first kappa shape index (κ1) is 13.8. The van der Waals surface area contributed by atoms with Crippen molar-refractivity contribution >= 4 is 22.7 Å². The van der Waals surface area contributed by atoms with Gasteiger partial charge in [-0.3, -0.25) is 0 Å². The van der Waals surface area contributed by atoms with E-state index < -0.39 is 0 Å². The standard InChI is InChI=1S/C15H21NS2/c1-10(9-14-7-5-11(2)17-14)16-13(4)15-8-6-12(3)18-15/h5-8,10,13,16H,9H2,1-4H3. The smallest absolute Gasteiger partial charge is 0.0388 e. The van der Waals surface area contributed by atoms with Gasteiger partial charge in [-0.15, -0.1) is 22.7 Å². The number of aryl methyl sites for hydroxylation is 2. The molecule has 0 aliphatic rings. The Morgan fingerprint density at radius 3 is 2.22 bits per heavy atom. The van der Waals surface area contributed by atoms with Crippen LogP contribution in [-0.4, -0.2) is 6.04 Å². The lowest BCUT2D eigenvalue weighted by atomic mass is 10.1. The molecule has 2 unspecified atom stereocenters. The maximum atomic E-state index is 3.68. The van der Waals surface area contributed by atoms with Crippen LogP contribution in [0.4, 0.5) is 0 Å². The largest absolute Gasteiger partial charge is 0.307 e. The number of rotatable bonds is 5. The molecule has 18 heavy (non-hydrogen) atoms. The summed E-state index contributed by atoms with van der Waals surface area (Å²) in [6.45, 7) is 8.86. The molecule has 1 N–H and O–H groups in total. The van der Waals surface area contributed by atoms with E-state index in [1.807, 2.05) is 22.7 Å². The van der Waals surface area contributed by atoms with E-state index in [9.17, 15) is 0 Å². The maximum absolute atomic E-state index is 3.68. The molecule has 2 rings (SSSR count). The third-order valence-electron chi connectivity index (χ3n) is 3.03. The average Bonchev–Trinajstić information content (AvgIpc) is 2.87. The first-order valence-electron chi connectivity index (χ1n) is 6.42. The molecule has 2 heterocycles. The van der Waals surface area contributed by atoms with Crippen LogP contribution in [0.5, 0.6) is 0 Å². The molecule has 2 atom stereocenters. The minimum atomic E-state index is 0.444. The molecule has 0 amide bonds. The van der Waals surface area contributed by atoms with Gasteiger partial charge in [-0.05, 0) is 58.4 Å². The minimum Gasteiger partial charge on any atom is -0.307 e. The Bertz CT molecular complexity index is 498. The molecule has 0 radical (unpaired) electrons. The van der Waals surface area contributed by atoms with Crippen LogP contribution in [0.3, 0.4) is 0 Å². The van der Waals surface area contributed by atoms with Gasteiger partial charge in [0.25, 0.3) is 0 Å². The van der Waals surface area contributed by atoms with E-state index in [4.69, 9.17) is 0 Å². The molecule has 0 fully saturated rings. The fourth-order valence-corrected chi connectivity index (χ4v) is 4.06. The van der Waals surface area contributed by atoms with Crippen LogP contribution in [0.2, 0.25) is 0 Å². The fraction of sp³-hybridized carbons (Fsp3) is 0.467. The second-order valence-electron chi connectivity index (χ2n) is 4.95. The monoisotopic (exact) mass is 279 g/mol. The van der Waals surface area contributed by atoms with Gasteiger partial charge in [0.05, 0.1) is 0 Å². The van der Waals surface area contributed by atoms with Gasteiger partial charge in [-0.1, -0.05) is 0 Å². The van der Waals surface area contributed by atoms with Crippen molar-refractivity contribution in [3.05, 3.63) is 43.8 Å². The summed E-state index contributed by atoms with van der Waals surface area (Å²) >= 11 is 3.79. The van der Waals surface area contributed by atoms with Gasteiger partial charge < -0.3 is 5.32 Å². The van der Waals surface area contributed by atoms with Crippen LogP contribution >= 0.6 is 22.7 Å². The highest BCUT2D eigenvalue weighted by atomic mass is 32.1. The molecule has 98 valence electrons. The van der Waals surface area contributed by atoms with E-state index in [-0.39, 0.29) is 0 Å². The molecule has 0 spiro atoms. The van der Waals surface area contributed by atoms with Gasteiger partial charge >= 0.3 is 0 Å². The summed E-state index contributed by atoms with van der Waals surface area (Å²) in [5.74, 6) is 0. The fourth-order valence-electron chi connectivity index (χ4n) is 2.15. The second-order valence-corrected chi connectivity index (χ2v) is 7.65. The van der Waals surface area contributed by atoms with Crippen molar-refractivity contribution in [3.8, 4) is 0 Å². The minimum absolute atomic E-state index is 0.444. The Hall–Kier alpha value is -0.640. The second kappa shape index (κ2) is 6.00. The van der Waals surface area contributed by atoms with Gasteiger partial charge in [-0.2, -0.15) is 0 Å². The Morgan fingerprint density at radius 1 is 1.00 bits per heavy atom. The van der Waals surface area contributed by atoms with E-state index in [2.05, 4.69) is 57.3 Å². The predicted octanol–water partition coefficient (Wildman–Crippen LogP) is 4.71. The molecule has 0 aromatic carbocycles. The van der Waals surface area contributed by atoms with Crippen LogP contribution in [0.25, 0.3) is 0 Å². The predicted molar refractivity (Wildman–Crippen MR) is 82.8 cm³/mol. The molecule has 2 aromatic heterocycles. The molecule has 0 saturated heterocycles. The lowest BCUT2D eigenvalue weighted by Gasteiger charge is -2.18. The summed E-state index contributed by atoms with van der Waals surface area (Å²) in [6.07, 6.45) is 1.12. The van der Waals surface area contributed by atoms with Gasteiger partial charge in [0.15, 0.2) is 0 Å². The van der Waals surface area contributed by atoms with Crippen molar-refractivity contribution < 1.29 is 0 Å². The van der Waals surface area contributed by atoms with Gasteiger partial charge in [0.2, 0.25) is 0 Å². The van der Waals surface area contributed by atoms with E-state index in [1.54, 1.807) is 0 Å². The van der Waals surface area contributed by atoms with Crippen molar-refractivity contribution in [3.63, 3.8) is 0 Å². The molecular weight excluding hydrogens is 258 g/mol. The van der Waals surface area contributed by atoms with Crippen LogP contribution < -0.4 is 5.32 Å². The normalized spacial score (nSPS) is 14.7. The molecule has 1 nitrogen and oxygen atoms in total. The third kappa shape index (κ3) is 3.67. The summed E-state index contributed by atoms with van der Waals surface area (Å²) in [5, 5.41) is 3.68. The van der Waals surface area contributed by atoms with Gasteiger partial charge in [0.1, 0.15) is 0 Å². The van der Waals surface area contributed by atoms with Crippen LogP contribution in [-0.2, 0) is 6.42 Å². The van der Waals surface area contributed by atoms with Crippen molar-refractivity contribution in [2.45, 2.75) is 46.2 Å². The summed E-state index contributed by atoms with van der Waals surface area (Å²) in [4.78, 5) is 5.70. The number of hydrogen-bond acceptors (Lipinski definition) is 3. The zero-order valence-electron chi connectivity index (χ0n) is 11.5. The quantitative estimate of drug-likeness (QED) is 0.836. The Kier molecular flexibility index (Phi) is 4.60. The Labute approximate surface area is 118 Å². The van der Waals surface area contributed by atoms with E-state index in [0.29, 0.717) is 12.1 Å². The van der Waals surface area contributed by atoms with E-state index in [1.165, 1.54) is 19.5 Å². The lowest BCUT2D eigenvalue weighted by molar-refractivity contribution is 0.484. The topological polar surface area (TPSA) is 12.0 Å².